The van der Waals surface area contributed by atoms with Gasteiger partial charge in [0, 0.05) is 19.7 Å². The first-order chi connectivity index (χ1) is 7.97. The lowest BCUT2D eigenvalue weighted by Gasteiger charge is -2.18. The third-order valence-corrected chi connectivity index (χ3v) is 2.16. The second kappa shape index (κ2) is 5.97. The van der Waals surface area contributed by atoms with Gasteiger partial charge >= 0.3 is 0 Å². The number of nitrogens with one attached hydrogen (secondary N) is 1. The van der Waals surface area contributed by atoms with Crippen molar-refractivity contribution in [1.82, 2.24) is 5.32 Å². The van der Waals surface area contributed by atoms with Gasteiger partial charge in [0.15, 0.2) is 0 Å². The van der Waals surface area contributed by atoms with E-state index in [0.717, 1.165) is 12.1 Å². The zero-order valence-electron chi connectivity index (χ0n) is 9.27. The molecule has 0 spiro atoms. The lowest BCUT2D eigenvalue weighted by atomic mass is 10.1. The molecule has 0 atom stereocenters. The lowest BCUT2D eigenvalue weighted by molar-refractivity contribution is -0.00760. The minimum Gasteiger partial charge on any atom is -0.383 e. The highest BCUT2D eigenvalue weighted by molar-refractivity contribution is 5.23. The molecule has 17 heavy (non-hydrogen) atoms. The molecule has 0 unspecified atom stereocenters. The molecule has 2 nitrogen and oxygen atoms in total. The van der Waals surface area contributed by atoms with E-state index in [1.807, 2.05) is 0 Å². The Hall–Kier alpha value is -1.14. The van der Waals surface area contributed by atoms with E-state index in [9.17, 15) is 17.6 Å². The van der Waals surface area contributed by atoms with Gasteiger partial charge < -0.3 is 10.1 Å². The molecule has 6 heteroatoms. The first-order valence-corrected chi connectivity index (χ1v) is 5.00. The molecule has 0 heterocycles. The molecule has 0 fully saturated rings. The van der Waals surface area contributed by atoms with Crippen LogP contribution in [0.15, 0.2) is 18.2 Å². The van der Waals surface area contributed by atoms with Crippen molar-refractivity contribution in [3.8, 4) is 0 Å². The van der Waals surface area contributed by atoms with E-state index in [0.29, 0.717) is 6.07 Å². The molecule has 1 aromatic carbocycles. The molecule has 0 aromatic heterocycles. The molecule has 0 saturated carbocycles. The number of rotatable bonds is 6. The largest absolute Gasteiger partial charge is 0.383 e. The summed E-state index contributed by atoms with van der Waals surface area (Å²) in [5, 5.41) is 2.43. The predicted octanol–water partition coefficient (Wildman–Crippen LogP) is 2.29. The van der Waals surface area contributed by atoms with Crippen molar-refractivity contribution in [1.29, 1.82) is 0 Å². The van der Waals surface area contributed by atoms with E-state index in [-0.39, 0.29) is 13.2 Å². The highest BCUT2D eigenvalue weighted by Gasteiger charge is 2.34. The first kappa shape index (κ1) is 13.9. The third kappa shape index (κ3) is 3.98. The van der Waals surface area contributed by atoms with E-state index in [1.165, 1.54) is 7.11 Å². The number of hydrogen-bond acceptors (Lipinski definition) is 2. The van der Waals surface area contributed by atoms with Crippen LogP contribution in [0.4, 0.5) is 17.6 Å². The van der Waals surface area contributed by atoms with Crippen LogP contribution < -0.4 is 5.32 Å². The molecule has 0 aliphatic carbocycles. The Labute approximate surface area is 96.6 Å². The van der Waals surface area contributed by atoms with Crippen LogP contribution in [0.3, 0.4) is 0 Å². The van der Waals surface area contributed by atoms with Gasteiger partial charge in [-0.1, -0.05) is 0 Å². The van der Waals surface area contributed by atoms with Crippen LogP contribution in [-0.2, 0) is 10.7 Å². The minimum absolute atomic E-state index is 0.231. The monoisotopic (exact) mass is 251 g/mol. The normalized spacial score (nSPS) is 11.8. The Bertz CT molecular complexity index is 370. The molecule has 1 rings (SSSR count). The molecular formula is C11H13F4NO. The molecule has 0 amide bonds. The second-order valence-electron chi connectivity index (χ2n) is 3.50. The molecule has 0 bridgehead atoms. The molecule has 0 aliphatic rings. The zero-order chi connectivity index (χ0) is 12.9. The maximum absolute atomic E-state index is 13.5. The fraction of sp³-hybridized carbons (Fsp3) is 0.455. The highest BCUT2D eigenvalue weighted by Crippen LogP contribution is 2.29. The van der Waals surface area contributed by atoms with E-state index in [1.54, 1.807) is 0 Å². The Morgan fingerprint density at radius 2 is 2.00 bits per heavy atom. The van der Waals surface area contributed by atoms with Crippen LogP contribution in [-0.4, -0.2) is 26.8 Å². The summed E-state index contributed by atoms with van der Waals surface area (Å²) in [5.41, 5.74) is -0.816. The Kier molecular flexibility index (Phi) is 4.89. The van der Waals surface area contributed by atoms with Gasteiger partial charge in [0.05, 0.1) is 18.7 Å². The quantitative estimate of drug-likeness (QED) is 0.618. The van der Waals surface area contributed by atoms with Gasteiger partial charge in [-0.3, -0.25) is 0 Å². The number of benzene rings is 1. The lowest BCUT2D eigenvalue weighted by Crippen LogP contribution is -2.33. The van der Waals surface area contributed by atoms with Crippen LogP contribution >= 0.6 is 0 Å². The Morgan fingerprint density at radius 1 is 1.29 bits per heavy atom. The third-order valence-electron chi connectivity index (χ3n) is 2.16. The van der Waals surface area contributed by atoms with Crippen molar-refractivity contribution in [2.24, 2.45) is 0 Å². The maximum atomic E-state index is 13.5. The van der Waals surface area contributed by atoms with Gasteiger partial charge in [-0.05, 0) is 12.1 Å². The minimum atomic E-state index is -3.38. The summed E-state index contributed by atoms with van der Waals surface area (Å²) in [7, 11) is 1.44. The number of alkyl halides is 2. The summed E-state index contributed by atoms with van der Waals surface area (Å²) in [6.07, 6.45) is 0. The highest BCUT2D eigenvalue weighted by atomic mass is 19.3. The molecule has 96 valence electrons. The fourth-order valence-corrected chi connectivity index (χ4v) is 1.30. The van der Waals surface area contributed by atoms with Crippen LogP contribution in [0.1, 0.15) is 5.56 Å². The molecule has 0 aliphatic heterocycles. The first-order valence-electron chi connectivity index (χ1n) is 5.00. The molecule has 1 N–H and O–H groups in total. The average molecular weight is 251 g/mol. The Morgan fingerprint density at radius 3 is 2.59 bits per heavy atom. The summed E-state index contributed by atoms with van der Waals surface area (Å²) >= 11 is 0. The smallest absolute Gasteiger partial charge is 0.288 e. The summed E-state index contributed by atoms with van der Waals surface area (Å²) in [5.74, 6) is -5.51. The van der Waals surface area contributed by atoms with Gasteiger partial charge in [-0.15, -0.1) is 0 Å². The van der Waals surface area contributed by atoms with Crippen molar-refractivity contribution in [3.05, 3.63) is 35.4 Å². The molecular weight excluding hydrogens is 238 g/mol. The van der Waals surface area contributed by atoms with Crippen molar-refractivity contribution < 1.29 is 22.3 Å². The SMILES string of the molecule is COCCNCC(F)(F)c1ccc(F)cc1F. The summed E-state index contributed by atoms with van der Waals surface area (Å²) in [6.45, 7) is -0.213. The maximum Gasteiger partial charge on any atom is 0.288 e. The van der Waals surface area contributed by atoms with Crippen LogP contribution in [0.25, 0.3) is 0 Å². The van der Waals surface area contributed by atoms with E-state index >= 15 is 0 Å². The fourth-order valence-electron chi connectivity index (χ4n) is 1.30. The summed E-state index contributed by atoms with van der Waals surface area (Å²) in [6, 6.07) is 2.00. The van der Waals surface area contributed by atoms with Gasteiger partial charge in [0.1, 0.15) is 11.6 Å². The van der Waals surface area contributed by atoms with Crippen LogP contribution in [0.2, 0.25) is 0 Å². The van der Waals surface area contributed by atoms with Crippen molar-refractivity contribution in [2.45, 2.75) is 5.92 Å². The summed E-state index contributed by atoms with van der Waals surface area (Å²) in [4.78, 5) is 0. The van der Waals surface area contributed by atoms with Gasteiger partial charge in [0.2, 0.25) is 0 Å². The second-order valence-corrected chi connectivity index (χ2v) is 3.50. The molecule has 1 aromatic rings. The summed E-state index contributed by atoms with van der Waals surface area (Å²) < 4.78 is 57.4. The predicted molar refractivity (Wildman–Crippen MR) is 55.0 cm³/mol. The van der Waals surface area contributed by atoms with Gasteiger partial charge in [0.25, 0.3) is 5.92 Å². The van der Waals surface area contributed by atoms with E-state index in [4.69, 9.17) is 0 Å². The number of hydrogen-bond donors (Lipinski definition) is 1. The average Bonchev–Trinajstić information content (AvgIpc) is 2.24. The van der Waals surface area contributed by atoms with Crippen LogP contribution in [0, 0.1) is 11.6 Å². The van der Waals surface area contributed by atoms with Crippen molar-refractivity contribution in [2.75, 3.05) is 26.8 Å². The topological polar surface area (TPSA) is 21.3 Å². The van der Waals surface area contributed by atoms with E-state index < -0.39 is 29.7 Å². The standard InChI is InChI=1S/C11H13F4NO/c1-17-5-4-16-7-11(14,15)9-3-2-8(12)6-10(9)13/h2-3,6,16H,4-5,7H2,1H3. The van der Waals surface area contributed by atoms with E-state index in [2.05, 4.69) is 10.1 Å². The van der Waals surface area contributed by atoms with Gasteiger partial charge in [-0.2, -0.15) is 8.78 Å². The van der Waals surface area contributed by atoms with Crippen LogP contribution in [0.5, 0.6) is 0 Å². The van der Waals surface area contributed by atoms with Crippen molar-refractivity contribution >= 4 is 0 Å². The van der Waals surface area contributed by atoms with Crippen molar-refractivity contribution in [3.63, 3.8) is 0 Å². The molecule has 0 saturated heterocycles. The number of methoxy groups -OCH3 is 1. The zero-order valence-corrected chi connectivity index (χ0v) is 9.27. The number of halogens is 4. The molecule has 0 radical (unpaired) electrons. The Balaban J connectivity index is 2.68. The van der Waals surface area contributed by atoms with Gasteiger partial charge in [-0.25, -0.2) is 8.78 Å². The number of ether oxygens (including phenoxy) is 1.